The normalized spacial score (nSPS) is 17.7. The lowest BCUT2D eigenvalue weighted by atomic mass is 10.0. The maximum atomic E-state index is 15.8. The molecule has 0 amide bonds. The third-order valence-electron chi connectivity index (χ3n) is 8.19. The Balaban J connectivity index is 1.25. The molecule has 12 heteroatoms. The number of anilines is 2. The summed E-state index contributed by atoms with van der Waals surface area (Å²) in [5, 5.41) is 14.3. The van der Waals surface area contributed by atoms with Gasteiger partial charge in [-0.1, -0.05) is 24.6 Å². The quantitative estimate of drug-likeness (QED) is 0.211. The van der Waals surface area contributed by atoms with Crippen LogP contribution in [0.25, 0.3) is 22.0 Å². The van der Waals surface area contributed by atoms with Gasteiger partial charge in [0, 0.05) is 35.7 Å². The second-order valence-corrected chi connectivity index (χ2v) is 13.2. The fourth-order valence-corrected chi connectivity index (χ4v) is 7.70. The summed E-state index contributed by atoms with van der Waals surface area (Å²) in [5.74, 6) is -1.40. The molecule has 8 nitrogen and oxygen atoms in total. The minimum absolute atomic E-state index is 0.134. The van der Waals surface area contributed by atoms with Crippen molar-refractivity contribution in [3.05, 3.63) is 76.4 Å². The Labute approximate surface area is 254 Å². The number of benzene rings is 3. The fraction of sp³-hybridized carbons (Fsp3) is 0.355. The molecule has 1 aliphatic heterocycles. The standard InChI is InChI=1S/C31H32ClF2N5O3S/c1-2-11-39-12-9-21(10-13-39)36-31-35-17-19-14-18(3-6-25(19)37-31)29-24(33)5-7-26(30(29)34)38-43(41,42)28-16-20(32)15-23-22(28)4-8-27(23)40/h3,5-7,14-17,21,27,38,40H,2,4,8-13H2,1H3,(H,35,36,37). The van der Waals surface area contributed by atoms with E-state index in [-0.39, 0.29) is 27.1 Å². The number of hydrogen-bond donors (Lipinski definition) is 3. The largest absolute Gasteiger partial charge is 0.388 e. The minimum Gasteiger partial charge on any atom is -0.388 e. The number of sulfonamides is 1. The molecular weight excluding hydrogens is 596 g/mol. The molecule has 3 aromatic carbocycles. The molecule has 1 saturated heterocycles. The fourth-order valence-electron chi connectivity index (χ4n) is 6.03. The van der Waals surface area contributed by atoms with Gasteiger partial charge in [0.15, 0.2) is 5.82 Å². The van der Waals surface area contributed by atoms with Gasteiger partial charge in [-0.25, -0.2) is 27.2 Å². The molecule has 0 radical (unpaired) electrons. The van der Waals surface area contributed by atoms with Crippen LogP contribution in [0.1, 0.15) is 49.8 Å². The summed E-state index contributed by atoms with van der Waals surface area (Å²) >= 11 is 6.14. The van der Waals surface area contributed by atoms with Crippen molar-refractivity contribution in [1.29, 1.82) is 0 Å². The van der Waals surface area contributed by atoms with Gasteiger partial charge in [-0.15, -0.1) is 0 Å². The average molecular weight is 628 g/mol. The summed E-state index contributed by atoms with van der Waals surface area (Å²) in [6, 6.07) is 9.92. The van der Waals surface area contributed by atoms with Crippen molar-refractivity contribution in [2.45, 2.75) is 56.1 Å². The zero-order valence-electron chi connectivity index (χ0n) is 23.6. The van der Waals surface area contributed by atoms with Crippen LogP contribution in [0.5, 0.6) is 0 Å². The number of nitrogens with zero attached hydrogens (tertiary/aromatic N) is 3. The van der Waals surface area contributed by atoms with Crippen LogP contribution in [0.3, 0.4) is 0 Å². The number of aliphatic hydroxyl groups is 1. The molecule has 1 aromatic heterocycles. The second-order valence-electron chi connectivity index (χ2n) is 11.1. The number of aliphatic hydroxyl groups excluding tert-OH is 1. The van der Waals surface area contributed by atoms with Crippen molar-refractivity contribution in [1.82, 2.24) is 14.9 Å². The van der Waals surface area contributed by atoms with E-state index in [2.05, 4.69) is 31.8 Å². The van der Waals surface area contributed by atoms with Crippen molar-refractivity contribution in [3.63, 3.8) is 0 Å². The minimum atomic E-state index is -4.31. The molecule has 4 aromatic rings. The number of hydrogen-bond acceptors (Lipinski definition) is 7. The van der Waals surface area contributed by atoms with Crippen LogP contribution in [-0.4, -0.2) is 54.1 Å². The first-order chi connectivity index (χ1) is 20.6. The first-order valence-corrected chi connectivity index (χ1v) is 16.3. The van der Waals surface area contributed by atoms with Crippen LogP contribution in [0.15, 0.2) is 53.6 Å². The van der Waals surface area contributed by atoms with Crippen LogP contribution >= 0.6 is 11.6 Å². The summed E-state index contributed by atoms with van der Waals surface area (Å²) < 4.78 is 59.8. The van der Waals surface area contributed by atoms with Gasteiger partial charge in [-0.05, 0) is 91.7 Å². The number of halogens is 3. The first kappa shape index (κ1) is 29.7. The molecule has 226 valence electrons. The van der Waals surface area contributed by atoms with E-state index in [4.69, 9.17) is 11.6 Å². The molecular formula is C31H32ClF2N5O3S. The molecule has 3 N–H and O–H groups in total. The molecule has 2 aliphatic rings. The highest BCUT2D eigenvalue weighted by atomic mass is 35.5. The van der Waals surface area contributed by atoms with Crippen LogP contribution in [0.4, 0.5) is 20.4 Å². The zero-order valence-corrected chi connectivity index (χ0v) is 25.2. The third kappa shape index (κ3) is 6.04. The Morgan fingerprint density at radius 2 is 1.88 bits per heavy atom. The van der Waals surface area contributed by atoms with E-state index < -0.39 is 33.4 Å². The maximum absolute atomic E-state index is 15.8. The maximum Gasteiger partial charge on any atom is 0.262 e. The Morgan fingerprint density at radius 3 is 2.65 bits per heavy atom. The zero-order chi connectivity index (χ0) is 30.3. The molecule has 1 atom stereocenters. The Kier molecular flexibility index (Phi) is 8.25. The SMILES string of the molecule is CCCN1CCC(Nc2ncc3cc(-c4c(F)ccc(NS(=O)(=O)c5cc(Cl)cc6c5CCC6O)c4F)ccc3n2)CC1. The van der Waals surface area contributed by atoms with E-state index >= 15 is 8.78 Å². The number of likely N-dealkylation sites (tertiary alicyclic amines) is 1. The topological polar surface area (TPSA) is 107 Å². The number of aromatic nitrogens is 2. The van der Waals surface area contributed by atoms with Gasteiger partial charge in [0.05, 0.1) is 27.8 Å². The number of nitrogens with one attached hydrogen (secondary N) is 2. The first-order valence-electron chi connectivity index (χ1n) is 14.4. The Bertz CT molecular complexity index is 1800. The van der Waals surface area contributed by atoms with Crippen LogP contribution in [0.2, 0.25) is 5.02 Å². The lowest BCUT2D eigenvalue weighted by Crippen LogP contribution is -2.39. The summed E-state index contributed by atoms with van der Waals surface area (Å²) in [7, 11) is -4.31. The van der Waals surface area contributed by atoms with Crippen molar-refractivity contribution < 1.29 is 22.3 Å². The molecule has 1 aliphatic carbocycles. The third-order valence-corrected chi connectivity index (χ3v) is 9.84. The van der Waals surface area contributed by atoms with Gasteiger partial charge < -0.3 is 15.3 Å². The van der Waals surface area contributed by atoms with Gasteiger partial charge >= 0.3 is 0 Å². The lowest BCUT2D eigenvalue weighted by molar-refractivity contribution is 0.180. The smallest absolute Gasteiger partial charge is 0.262 e. The summed E-state index contributed by atoms with van der Waals surface area (Å²) in [6.45, 7) is 5.34. The molecule has 0 bridgehead atoms. The molecule has 6 rings (SSSR count). The Morgan fingerprint density at radius 1 is 1.09 bits per heavy atom. The van der Waals surface area contributed by atoms with Gasteiger partial charge in [0.1, 0.15) is 5.82 Å². The van der Waals surface area contributed by atoms with Crippen LogP contribution < -0.4 is 10.0 Å². The van der Waals surface area contributed by atoms with Crippen LogP contribution in [-0.2, 0) is 16.4 Å². The second kappa shape index (κ2) is 12.0. The summed E-state index contributed by atoms with van der Waals surface area (Å²) in [6.07, 6.45) is 4.60. The highest BCUT2D eigenvalue weighted by molar-refractivity contribution is 7.92. The van der Waals surface area contributed by atoms with Gasteiger partial charge in [0.25, 0.3) is 10.0 Å². The summed E-state index contributed by atoms with van der Waals surface area (Å²) in [5.41, 5.74) is 0.890. The number of fused-ring (bicyclic) bond motifs is 2. The van der Waals surface area contributed by atoms with Crippen molar-refractivity contribution in [3.8, 4) is 11.1 Å². The molecule has 0 spiro atoms. The molecule has 43 heavy (non-hydrogen) atoms. The van der Waals surface area contributed by atoms with E-state index in [9.17, 15) is 13.5 Å². The van der Waals surface area contributed by atoms with Crippen molar-refractivity contribution in [2.24, 2.45) is 0 Å². The molecule has 1 unspecified atom stereocenters. The number of rotatable bonds is 8. The molecule has 0 saturated carbocycles. The molecule has 2 heterocycles. The van der Waals surface area contributed by atoms with Crippen LogP contribution in [0, 0.1) is 11.6 Å². The van der Waals surface area contributed by atoms with Gasteiger partial charge in [0.2, 0.25) is 5.95 Å². The predicted octanol–water partition coefficient (Wildman–Crippen LogP) is 6.30. The van der Waals surface area contributed by atoms with Gasteiger partial charge in [-0.3, -0.25) is 4.72 Å². The van der Waals surface area contributed by atoms with Crippen molar-refractivity contribution >= 4 is 44.2 Å². The van der Waals surface area contributed by atoms with Crippen molar-refractivity contribution in [2.75, 3.05) is 29.7 Å². The van der Waals surface area contributed by atoms with E-state index in [1.165, 1.54) is 12.1 Å². The van der Waals surface area contributed by atoms with E-state index in [0.717, 1.165) is 51.0 Å². The van der Waals surface area contributed by atoms with E-state index in [0.29, 0.717) is 40.8 Å². The highest BCUT2D eigenvalue weighted by Gasteiger charge is 2.30. The average Bonchev–Trinajstić information content (AvgIpc) is 3.35. The summed E-state index contributed by atoms with van der Waals surface area (Å²) in [4.78, 5) is 11.3. The Hall–Kier alpha value is -3.38. The highest BCUT2D eigenvalue weighted by Crippen LogP contribution is 2.39. The monoisotopic (exact) mass is 627 g/mol. The predicted molar refractivity (Wildman–Crippen MR) is 164 cm³/mol. The van der Waals surface area contributed by atoms with Gasteiger partial charge in [-0.2, -0.15) is 0 Å². The molecule has 1 fully saturated rings. The lowest BCUT2D eigenvalue weighted by Gasteiger charge is -2.32. The van der Waals surface area contributed by atoms with E-state index in [1.54, 1.807) is 24.4 Å². The van der Waals surface area contributed by atoms with E-state index in [1.807, 2.05) is 0 Å². The number of piperidine rings is 1.